The first-order valence-electron chi connectivity index (χ1n) is 10.1. The SMILES string of the molecule is O=C(c1ccc(CS(=O)(=O)c2ccccc2)o1)N1CCCC1c1nc2ccccc2[nH]1. The number of amides is 1. The molecule has 3 heterocycles. The number of nitrogens with one attached hydrogen (secondary N) is 1. The number of carbonyl (C=O) groups is 1. The predicted molar refractivity (Wildman–Crippen MR) is 115 cm³/mol. The minimum Gasteiger partial charge on any atom is -0.455 e. The van der Waals surface area contributed by atoms with Crippen molar-refractivity contribution in [3.8, 4) is 0 Å². The van der Waals surface area contributed by atoms with Gasteiger partial charge in [-0.05, 0) is 49.2 Å². The lowest BCUT2D eigenvalue weighted by molar-refractivity contribution is 0.0696. The molecule has 1 saturated heterocycles. The molecule has 158 valence electrons. The van der Waals surface area contributed by atoms with E-state index < -0.39 is 9.84 Å². The van der Waals surface area contributed by atoms with Crippen molar-refractivity contribution in [3.63, 3.8) is 0 Å². The van der Waals surface area contributed by atoms with Crippen LogP contribution in [0.5, 0.6) is 0 Å². The van der Waals surface area contributed by atoms with E-state index in [1.165, 1.54) is 0 Å². The van der Waals surface area contributed by atoms with Crippen LogP contribution in [0.25, 0.3) is 11.0 Å². The zero-order chi connectivity index (χ0) is 21.4. The van der Waals surface area contributed by atoms with E-state index in [0.717, 1.165) is 29.7 Å². The van der Waals surface area contributed by atoms with Gasteiger partial charge in [-0.2, -0.15) is 0 Å². The second-order valence-corrected chi connectivity index (χ2v) is 9.62. The van der Waals surface area contributed by atoms with Gasteiger partial charge in [-0.15, -0.1) is 0 Å². The van der Waals surface area contributed by atoms with E-state index in [9.17, 15) is 13.2 Å². The standard InChI is InChI=1S/C23H21N3O4S/c27-23(21-13-12-16(30-21)15-31(28,29)17-7-2-1-3-8-17)26-14-6-11-20(26)22-24-18-9-4-5-10-19(18)25-22/h1-5,7-10,12-13,20H,6,11,14-15H2,(H,24,25). The lowest BCUT2D eigenvalue weighted by Gasteiger charge is -2.22. The van der Waals surface area contributed by atoms with Gasteiger partial charge in [0.2, 0.25) is 0 Å². The number of H-pyrrole nitrogens is 1. The first-order valence-corrected chi connectivity index (χ1v) is 11.8. The van der Waals surface area contributed by atoms with Crippen LogP contribution in [-0.2, 0) is 15.6 Å². The third-order valence-electron chi connectivity index (χ3n) is 5.54. The minimum atomic E-state index is -3.55. The fourth-order valence-electron chi connectivity index (χ4n) is 4.03. The molecule has 8 heteroatoms. The summed E-state index contributed by atoms with van der Waals surface area (Å²) in [6.45, 7) is 0.596. The number of hydrogen-bond donors (Lipinski definition) is 1. The number of fused-ring (bicyclic) bond motifs is 1. The highest BCUT2D eigenvalue weighted by atomic mass is 32.2. The van der Waals surface area contributed by atoms with Gasteiger partial charge < -0.3 is 14.3 Å². The monoisotopic (exact) mass is 435 g/mol. The molecular weight excluding hydrogens is 414 g/mol. The predicted octanol–water partition coefficient (Wildman–Crippen LogP) is 4.11. The number of sulfone groups is 1. The summed E-state index contributed by atoms with van der Waals surface area (Å²) in [5.41, 5.74) is 1.80. The highest BCUT2D eigenvalue weighted by Gasteiger charge is 2.34. The molecule has 7 nitrogen and oxygen atoms in total. The van der Waals surface area contributed by atoms with Crippen LogP contribution in [0.1, 0.15) is 41.0 Å². The van der Waals surface area contributed by atoms with E-state index >= 15 is 0 Å². The van der Waals surface area contributed by atoms with Crippen LogP contribution in [0.4, 0.5) is 0 Å². The molecule has 2 aromatic carbocycles. The van der Waals surface area contributed by atoms with Crippen molar-refractivity contribution in [2.24, 2.45) is 0 Å². The van der Waals surface area contributed by atoms with Crippen LogP contribution in [0.2, 0.25) is 0 Å². The van der Waals surface area contributed by atoms with E-state index in [-0.39, 0.29) is 34.1 Å². The number of aromatic nitrogens is 2. The Bertz CT molecular complexity index is 1310. The minimum absolute atomic E-state index is 0.140. The van der Waals surface area contributed by atoms with Gasteiger partial charge in [0.25, 0.3) is 5.91 Å². The van der Waals surface area contributed by atoms with Gasteiger partial charge in [0, 0.05) is 6.54 Å². The number of carbonyl (C=O) groups excluding carboxylic acids is 1. The van der Waals surface area contributed by atoms with Crippen molar-refractivity contribution in [2.45, 2.75) is 29.5 Å². The van der Waals surface area contributed by atoms with Gasteiger partial charge >= 0.3 is 0 Å². The summed E-state index contributed by atoms with van der Waals surface area (Å²) in [5.74, 6) is 0.585. The van der Waals surface area contributed by atoms with E-state index in [4.69, 9.17) is 4.42 Å². The van der Waals surface area contributed by atoms with Crippen LogP contribution in [-0.4, -0.2) is 35.7 Å². The highest BCUT2D eigenvalue weighted by Crippen LogP contribution is 2.33. The topological polar surface area (TPSA) is 96.3 Å². The van der Waals surface area contributed by atoms with Gasteiger partial charge in [0.05, 0.1) is 22.0 Å². The van der Waals surface area contributed by atoms with Crippen molar-refractivity contribution < 1.29 is 17.6 Å². The maximum Gasteiger partial charge on any atom is 0.290 e. The third-order valence-corrected chi connectivity index (χ3v) is 7.20. The number of furan rings is 1. The van der Waals surface area contributed by atoms with E-state index in [1.807, 2.05) is 24.3 Å². The number of hydrogen-bond acceptors (Lipinski definition) is 5. The maximum absolute atomic E-state index is 13.1. The van der Waals surface area contributed by atoms with Crippen LogP contribution >= 0.6 is 0 Å². The summed E-state index contributed by atoms with van der Waals surface area (Å²) in [6.07, 6.45) is 1.67. The van der Waals surface area contributed by atoms with Gasteiger partial charge in [-0.3, -0.25) is 4.79 Å². The lowest BCUT2D eigenvalue weighted by Crippen LogP contribution is -2.30. The van der Waals surface area contributed by atoms with Crippen molar-refractivity contribution in [1.82, 2.24) is 14.9 Å². The molecule has 0 bridgehead atoms. The van der Waals surface area contributed by atoms with Crippen molar-refractivity contribution in [3.05, 3.63) is 84.1 Å². The number of imidazole rings is 1. The molecule has 1 atom stereocenters. The number of rotatable bonds is 5. The van der Waals surface area contributed by atoms with Crippen LogP contribution in [0, 0.1) is 0 Å². The summed E-state index contributed by atoms with van der Waals surface area (Å²) in [5, 5.41) is 0. The van der Waals surface area contributed by atoms with E-state index in [2.05, 4.69) is 9.97 Å². The van der Waals surface area contributed by atoms with Gasteiger partial charge in [0.15, 0.2) is 15.6 Å². The second kappa shape index (κ2) is 7.70. The molecule has 1 unspecified atom stereocenters. The Morgan fingerprint density at radius 2 is 1.84 bits per heavy atom. The Morgan fingerprint density at radius 3 is 2.65 bits per heavy atom. The van der Waals surface area contributed by atoms with Crippen LogP contribution < -0.4 is 0 Å². The fourth-order valence-corrected chi connectivity index (χ4v) is 5.30. The van der Waals surface area contributed by atoms with Gasteiger partial charge in [0.1, 0.15) is 17.3 Å². The smallest absolute Gasteiger partial charge is 0.290 e. The first kappa shape index (κ1) is 19.6. The largest absolute Gasteiger partial charge is 0.455 e. The normalized spacial score (nSPS) is 16.8. The molecule has 1 aliphatic heterocycles. The zero-order valence-electron chi connectivity index (χ0n) is 16.7. The Labute approximate surface area is 179 Å². The highest BCUT2D eigenvalue weighted by molar-refractivity contribution is 7.90. The Kier molecular flexibility index (Phi) is 4.86. The molecule has 5 rings (SSSR count). The van der Waals surface area contributed by atoms with E-state index in [0.29, 0.717) is 6.54 Å². The molecule has 0 spiro atoms. The average molecular weight is 436 g/mol. The van der Waals surface area contributed by atoms with E-state index in [1.54, 1.807) is 47.4 Å². The molecule has 0 saturated carbocycles. The maximum atomic E-state index is 13.1. The summed E-state index contributed by atoms with van der Waals surface area (Å²) in [7, 11) is -3.55. The third kappa shape index (κ3) is 3.74. The Hall–Kier alpha value is -3.39. The zero-order valence-corrected chi connectivity index (χ0v) is 17.5. The van der Waals surface area contributed by atoms with Crippen molar-refractivity contribution in [2.75, 3.05) is 6.54 Å². The second-order valence-electron chi connectivity index (χ2n) is 7.63. The summed E-state index contributed by atoms with van der Waals surface area (Å²) < 4.78 is 30.8. The fraction of sp³-hybridized carbons (Fsp3) is 0.217. The Morgan fingerprint density at radius 1 is 1.06 bits per heavy atom. The number of aromatic amines is 1. The number of benzene rings is 2. The molecule has 0 aliphatic carbocycles. The lowest BCUT2D eigenvalue weighted by atomic mass is 10.2. The first-order chi connectivity index (χ1) is 15.0. The molecule has 1 aliphatic rings. The van der Waals surface area contributed by atoms with Gasteiger partial charge in [-0.1, -0.05) is 30.3 Å². The number of nitrogens with zero attached hydrogens (tertiary/aromatic N) is 2. The quantitative estimate of drug-likeness (QED) is 0.509. The molecule has 1 fully saturated rings. The molecule has 31 heavy (non-hydrogen) atoms. The number of likely N-dealkylation sites (tertiary alicyclic amines) is 1. The molecular formula is C23H21N3O4S. The van der Waals surface area contributed by atoms with Crippen molar-refractivity contribution in [1.29, 1.82) is 0 Å². The Balaban J connectivity index is 1.36. The molecule has 0 radical (unpaired) electrons. The van der Waals surface area contributed by atoms with Gasteiger partial charge in [-0.25, -0.2) is 13.4 Å². The average Bonchev–Trinajstić information content (AvgIpc) is 3.52. The van der Waals surface area contributed by atoms with Crippen LogP contribution in [0.3, 0.4) is 0 Å². The van der Waals surface area contributed by atoms with Crippen LogP contribution in [0.15, 0.2) is 76.0 Å². The molecule has 2 aromatic heterocycles. The van der Waals surface area contributed by atoms with Crippen molar-refractivity contribution >= 4 is 26.8 Å². The number of para-hydroxylation sites is 2. The summed E-state index contributed by atoms with van der Waals surface area (Å²) in [6, 6.07) is 18.9. The summed E-state index contributed by atoms with van der Waals surface area (Å²) >= 11 is 0. The molecule has 1 N–H and O–H groups in total. The molecule has 1 amide bonds. The molecule has 4 aromatic rings. The summed E-state index contributed by atoms with van der Waals surface area (Å²) in [4.78, 5) is 23.1.